The molecule has 0 aliphatic carbocycles. The van der Waals surface area contributed by atoms with Crippen LogP contribution in [0.1, 0.15) is 26.7 Å². The molecule has 146 valence electrons. The van der Waals surface area contributed by atoms with Crippen LogP contribution in [0.15, 0.2) is 40.8 Å². The van der Waals surface area contributed by atoms with Crippen molar-refractivity contribution in [2.24, 2.45) is 0 Å². The van der Waals surface area contributed by atoms with Crippen LogP contribution in [-0.2, 0) is 0 Å². The van der Waals surface area contributed by atoms with Crippen LogP contribution in [-0.4, -0.2) is 39.4 Å². The highest BCUT2D eigenvalue weighted by molar-refractivity contribution is 6.05. The first kappa shape index (κ1) is 19.5. The maximum absolute atomic E-state index is 6.03. The Morgan fingerprint density at radius 1 is 0.704 bits per heavy atom. The molecule has 0 fully saturated rings. The summed E-state index contributed by atoms with van der Waals surface area (Å²) in [5.41, 5.74) is 1.68. The van der Waals surface area contributed by atoms with Crippen LogP contribution in [0.4, 0.5) is 0 Å². The number of fused-ring (bicyclic) bond motifs is 3. The van der Waals surface area contributed by atoms with E-state index < -0.39 is 0 Å². The van der Waals surface area contributed by atoms with Crippen LogP contribution in [0.5, 0.6) is 11.5 Å². The van der Waals surface area contributed by atoms with E-state index in [0.29, 0.717) is 13.2 Å². The third kappa shape index (κ3) is 5.37. The van der Waals surface area contributed by atoms with E-state index in [2.05, 4.69) is 36.6 Å². The Labute approximate surface area is 161 Å². The van der Waals surface area contributed by atoms with Gasteiger partial charge in [0, 0.05) is 36.0 Å². The second kappa shape index (κ2) is 10.2. The number of ether oxygens (including phenoxy) is 2. The summed E-state index contributed by atoms with van der Waals surface area (Å²) < 4.78 is 17.7. The molecule has 2 aromatic carbocycles. The molecule has 0 aliphatic rings. The van der Waals surface area contributed by atoms with Gasteiger partial charge >= 0.3 is 0 Å². The second-order valence-corrected chi connectivity index (χ2v) is 6.61. The number of furan rings is 1. The van der Waals surface area contributed by atoms with Crippen LogP contribution in [0.25, 0.3) is 21.9 Å². The highest BCUT2D eigenvalue weighted by Crippen LogP contribution is 2.33. The van der Waals surface area contributed by atoms with Crippen molar-refractivity contribution >= 4 is 21.9 Å². The Morgan fingerprint density at radius 3 is 1.63 bits per heavy atom. The van der Waals surface area contributed by atoms with Crippen LogP contribution in [0.3, 0.4) is 0 Å². The highest BCUT2D eigenvalue weighted by atomic mass is 16.5. The molecular formula is C22H30N2O3. The van der Waals surface area contributed by atoms with E-state index in [1.807, 2.05) is 24.3 Å². The fourth-order valence-corrected chi connectivity index (χ4v) is 3.00. The van der Waals surface area contributed by atoms with Crippen LogP contribution in [0.2, 0.25) is 0 Å². The van der Waals surface area contributed by atoms with Gasteiger partial charge in [-0.15, -0.1) is 0 Å². The van der Waals surface area contributed by atoms with Gasteiger partial charge < -0.3 is 24.5 Å². The maximum Gasteiger partial charge on any atom is 0.139 e. The number of rotatable bonds is 12. The minimum absolute atomic E-state index is 0.649. The van der Waals surface area contributed by atoms with Gasteiger partial charge in [-0.1, -0.05) is 13.8 Å². The summed E-state index contributed by atoms with van der Waals surface area (Å²) in [6.07, 6.45) is 2.26. The molecule has 0 spiro atoms. The SMILES string of the molecule is CCCNCCOc1ccc2c(c1)oc1cc(OCCNCCC)ccc12. The quantitative estimate of drug-likeness (QED) is 0.465. The monoisotopic (exact) mass is 370 g/mol. The third-order valence-corrected chi connectivity index (χ3v) is 4.36. The van der Waals surface area contributed by atoms with Crippen LogP contribution >= 0.6 is 0 Å². The number of hydrogen-bond donors (Lipinski definition) is 2. The van der Waals surface area contributed by atoms with Gasteiger partial charge in [-0.25, -0.2) is 0 Å². The van der Waals surface area contributed by atoms with Gasteiger partial charge in [0.05, 0.1) is 0 Å². The normalized spacial score (nSPS) is 11.3. The van der Waals surface area contributed by atoms with Crippen LogP contribution < -0.4 is 20.1 Å². The predicted octanol–water partition coefficient (Wildman–Crippen LogP) is 4.34. The molecule has 2 N–H and O–H groups in total. The van der Waals surface area contributed by atoms with Crippen molar-refractivity contribution in [1.29, 1.82) is 0 Å². The average molecular weight is 370 g/mol. The van der Waals surface area contributed by atoms with E-state index in [1.165, 1.54) is 0 Å². The van der Waals surface area contributed by atoms with Crippen molar-refractivity contribution in [2.75, 3.05) is 39.4 Å². The van der Waals surface area contributed by atoms with Gasteiger partial charge in [-0.05, 0) is 50.2 Å². The van der Waals surface area contributed by atoms with Crippen molar-refractivity contribution in [3.8, 4) is 11.5 Å². The molecule has 0 amide bonds. The Morgan fingerprint density at radius 2 is 1.19 bits per heavy atom. The summed E-state index contributed by atoms with van der Waals surface area (Å²) >= 11 is 0. The topological polar surface area (TPSA) is 55.7 Å². The molecule has 0 saturated heterocycles. The number of hydrogen-bond acceptors (Lipinski definition) is 5. The molecule has 0 aliphatic heterocycles. The lowest BCUT2D eigenvalue weighted by atomic mass is 10.1. The van der Waals surface area contributed by atoms with E-state index in [-0.39, 0.29) is 0 Å². The van der Waals surface area contributed by atoms with E-state index in [0.717, 1.165) is 72.5 Å². The molecule has 0 radical (unpaired) electrons. The lowest BCUT2D eigenvalue weighted by molar-refractivity contribution is 0.314. The maximum atomic E-state index is 6.03. The summed E-state index contributed by atoms with van der Waals surface area (Å²) in [7, 11) is 0. The molecule has 1 aromatic heterocycles. The molecule has 5 nitrogen and oxygen atoms in total. The zero-order valence-corrected chi connectivity index (χ0v) is 16.3. The minimum Gasteiger partial charge on any atom is -0.492 e. The molecule has 0 bridgehead atoms. The van der Waals surface area contributed by atoms with Gasteiger partial charge in [0.2, 0.25) is 0 Å². The minimum atomic E-state index is 0.649. The molecule has 27 heavy (non-hydrogen) atoms. The van der Waals surface area contributed by atoms with Crippen LogP contribution in [0, 0.1) is 0 Å². The van der Waals surface area contributed by atoms with Crippen molar-refractivity contribution in [2.45, 2.75) is 26.7 Å². The third-order valence-electron chi connectivity index (χ3n) is 4.36. The van der Waals surface area contributed by atoms with Gasteiger partial charge in [0.1, 0.15) is 35.9 Å². The summed E-state index contributed by atoms with van der Waals surface area (Å²) in [5, 5.41) is 8.85. The molecule has 3 aromatic rings. The highest BCUT2D eigenvalue weighted by Gasteiger charge is 2.09. The Bertz CT molecular complexity index is 776. The van der Waals surface area contributed by atoms with Gasteiger partial charge in [0.25, 0.3) is 0 Å². The largest absolute Gasteiger partial charge is 0.492 e. The summed E-state index contributed by atoms with van der Waals surface area (Å²) in [6.45, 7) is 9.34. The first-order valence-corrected chi connectivity index (χ1v) is 9.95. The Hall–Kier alpha value is -2.24. The van der Waals surface area contributed by atoms with Gasteiger partial charge in [-0.3, -0.25) is 0 Å². The standard InChI is InChI=1S/C22H30N2O3/c1-3-9-23-11-13-25-17-5-7-19-20-8-6-18(26-14-12-24-10-4-2)16-22(20)27-21(19)15-17/h5-8,15-16,23-24H,3-4,9-14H2,1-2H3. The summed E-state index contributed by atoms with van der Waals surface area (Å²) in [4.78, 5) is 0. The van der Waals surface area contributed by atoms with Crippen molar-refractivity contribution in [1.82, 2.24) is 10.6 Å². The number of benzene rings is 2. The van der Waals surface area contributed by atoms with E-state index >= 15 is 0 Å². The fraction of sp³-hybridized carbons (Fsp3) is 0.455. The Balaban J connectivity index is 1.64. The molecule has 0 unspecified atom stereocenters. The van der Waals surface area contributed by atoms with E-state index in [1.54, 1.807) is 0 Å². The molecular weight excluding hydrogens is 340 g/mol. The molecule has 3 rings (SSSR count). The fourth-order valence-electron chi connectivity index (χ4n) is 3.00. The van der Waals surface area contributed by atoms with Crippen molar-refractivity contribution in [3.63, 3.8) is 0 Å². The smallest absolute Gasteiger partial charge is 0.139 e. The molecule has 5 heteroatoms. The molecule has 1 heterocycles. The molecule has 0 saturated carbocycles. The lowest BCUT2D eigenvalue weighted by Crippen LogP contribution is -2.21. The molecule has 0 atom stereocenters. The zero-order chi connectivity index (χ0) is 18.9. The first-order chi connectivity index (χ1) is 13.3. The summed E-state index contributed by atoms with van der Waals surface area (Å²) in [5.74, 6) is 1.66. The second-order valence-electron chi connectivity index (χ2n) is 6.61. The first-order valence-electron chi connectivity index (χ1n) is 9.95. The van der Waals surface area contributed by atoms with Crippen molar-refractivity contribution in [3.05, 3.63) is 36.4 Å². The summed E-state index contributed by atoms with van der Waals surface area (Å²) in [6, 6.07) is 12.0. The van der Waals surface area contributed by atoms with Gasteiger partial charge in [-0.2, -0.15) is 0 Å². The average Bonchev–Trinajstić information content (AvgIpc) is 3.04. The van der Waals surface area contributed by atoms with E-state index in [4.69, 9.17) is 13.9 Å². The van der Waals surface area contributed by atoms with Gasteiger partial charge in [0.15, 0.2) is 0 Å². The van der Waals surface area contributed by atoms with E-state index in [9.17, 15) is 0 Å². The zero-order valence-electron chi connectivity index (χ0n) is 16.3. The number of nitrogens with one attached hydrogen (secondary N) is 2. The lowest BCUT2D eigenvalue weighted by Gasteiger charge is -2.06. The Kier molecular flexibility index (Phi) is 7.36. The van der Waals surface area contributed by atoms with Crippen molar-refractivity contribution < 1.29 is 13.9 Å². The predicted molar refractivity (Wildman–Crippen MR) is 111 cm³/mol.